The summed E-state index contributed by atoms with van der Waals surface area (Å²) < 4.78 is 63.8. The van der Waals surface area contributed by atoms with Crippen molar-refractivity contribution >= 4 is 31.9 Å². The number of halogens is 4. The quantitative estimate of drug-likeness (QED) is 0.766. The molecule has 5 nitrogen and oxygen atoms in total. The van der Waals surface area contributed by atoms with Gasteiger partial charge in [0.1, 0.15) is 0 Å². The highest BCUT2D eigenvalue weighted by atomic mass is 79.9. The Morgan fingerprint density at radius 3 is 2.45 bits per heavy atom. The molecule has 1 aromatic rings. The van der Waals surface area contributed by atoms with Gasteiger partial charge in [-0.15, -0.1) is 0 Å². The maximum Gasteiger partial charge on any atom is 0.416 e. The summed E-state index contributed by atoms with van der Waals surface area (Å²) in [6.45, 7) is 2.98. The predicted molar refractivity (Wildman–Crippen MR) is 77.7 cm³/mol. The lowest BCUT2D eigenvalue weighted by atomic mass is 10.2. The van der Waals surface area contributed by atoms with E-state index in [4.69, 9.17) is 0 Å². The maximum absolute atomic E-state index is 12.6. The molecule has 0 unspecified atom stereocenters. The number of amides is 1. The average molecular weight is 401 g/mol. The Kier molecular flexibility index (Phi) is 6.15. The minimum atomic E-state index is -4.65. The summed E-state index contributed by atoms with van der Waals surface area (Å²) in [7, 11) is -4.22. The van der Waals surface area contributed by atoms with Gasteiger partial charge in [-0.1, -0.05) is 28.6 Å². The van der Waals surface area contributed by atoms with Gasteiger partial charge < -0.3 is 5.32 Å². The molecule has 0 fully saturated rings. The molecule has 0 spiro atoms. The highest BCUT2D eigenvalue weighted by Crippen LogP contribution is 2.30. The van der Waals surface area contributed by atoms with Crippen LogP contribution in [0.1, 0.15) is 5.56 Å². The molecule has 0 atom stereocenters. The first-order valence-electron chi connectivity index (χ1n) is 5.79. The molecule has 0 aliphatic carbocycles. The van der Waals surface area contributed by atoms with E-state index in [-0.39, 0.29) is 6.54 Å². The van der Waals surface area contributed by atoms with Gasteiger partial charge in [-0.2, -0.15) is 13.2 Å². The summed E-state index contributed by atoms with van der Waals surface area (Å²) in [4.78, 5) is 10.8. The predicted octanol–water partition coefficient (Wildman–Crippen LogP) is 2.01. The summed E-state index contributed by atoms with van der Waals surface area (Å²) in [5.41, 5.74) is -1.09. The van der Waals surface area contributed by atoms with Gasteiger partial charge in [-0.05, 0) is 18.2 Å². The third-order valence-electron chi connectivity index (χ3n) is 2.37. The summed E-state index contributed by atoms with van der Waals surface area (Å²) in [6, 6.07) is 3.25. The van der Waals surface area contributed by atoms with Gasteiger partial charge in [-0.25, -0.2) is 13.1 Å². The Bertz CT molecular complexity index is 674. The van der Waals surface area contributed by atoms with Gasteiger partial charge in [0.2, 0.25) is 15.9 Å². The monoisotopic (exact) mass is 400 g/mol. The van der Waals surface area contributed by atoms with Gasteiger partial charge in [0, 0.05) is 11.0 Å². The molecule has 0 saturated heterocycles. The molecule has 22 heavy (non-hydrogen) atoms. The van der Waals surface area contributed by atoms with Gasteiger partial charge in [-0.3, -0.25) is 4.79 Å². The lowest BCUT2D eigenvalue weighted by Gasteiger charge is -2.10. The van der Waals surface area contributed by atoms with Crippen molar-refractivity contribution in [1.29, 1.82) is 0 Å². The Balaban J connectivity index is 2.79. The van der Waals surface area contributed by atoms with Crippen LogP contribution in [0.3, 0.4) is 0 Å². The van der Waals surface area contributed by atoms with Crippen LogP contribution in [0, 0.1) is 0 Å². The second-order valence-corrected chi connectivity index (χ2v) is 7.03. The molecule has 0 radical (unpaired) electrons. The zero-order valence-corrected chi connectivity index (χ0v) is 13.5. The van der Waals surface area contributed by atoms with Crippen LogP contribution in [0.5, 0.6) is 0 Å². The fraction of sp³-hybridized carbons (Fsp3) is 0.250. The van der Waals surface area contributed by atoms with Crippen LogP contribution >= 0.6 is 15.9 Å². The third kappa shape index (κ3) is 5.78. The standard InChI is InChI=1S/C12H12BrF3N2O3S/c1-8(13)6-17-11(19)7-18-22(20,21)10-4-2-3-9(5-10)12(14,15)16/h2-5,18H,1,6-7H2,(H,17,19). The van der Waals surface area contributed by atoms with E-state index in [0.29, 0.717) is 10.5 Å². The fourth-order valence-electron chi connectivity index (χ4n) is 1.34. The highest BCUT2D eigenvalue weighted by Gasteiger charge is 2.31. The summed E-state index contributed by atoms with van der Waals surface area (Å²) in [6.07, 6.45) is -4.65. The van der Waals surface area contributed by atoms with Crippen LogP contribution in [0.4, 0.5) is 13.2 Å². The molecule has 122 valence electrons. The molecular formula is C12H12BrF3N2O3S. The Morgan fingerprint density at radius 2 is 1.91 bits per heavy atom. The molecule has 2 N–H and O–H groups in total. The molecule has 0 bridgehead atoms. The minimum Gasteiger partial charge on any atom is -0.350 e. The van der Waals surface area contributed by atoms with Crippen molar-refractivity contribution in [2.45, 2.75) is 11.1 Å². The first kappa shape index (κ1) is 18.7. The van der Waals surface area contributed by atoms with E-state index in [1.165, 1.54) is 0 Å². The lowest BCUT2D eigenvalue weighted by Crippen LogP contribution is -2.37. The van der Waals surface area contributed by atoms with Crippen molar-refractivity contribution < 1.29 is 26.4 Å². The highest BCUT2D eigenvalue weighted by molar-refractivity contribution is 9.11. The van der Waals surface area contributed by atoms with Crippen LogP contribution < -0.4 is 10.0 Å². The number of hydrogen-bond donors (Lipinski definition) is 2. The third-order valence-corrected chi connectivity index (χ3v) is 4.05. The van der Waals surface area contributed by atoms with Crippen LogP contribution in [0.25, 0.3) is 0 Å². The first-order chi connectivity index (χ1) is 10.0. The summed E-state index contributed by atoms with van der Waals surface area (Å²) in [5.74, 6) is -0.642. The van der Waals surface area contributed by atoms with Gasteiger partial charge in [0.15, 0.2) is 0 Å². The Labute approximate surface area is 133 Å². The Hall–Kier alpha value is -1.39. The lowest BCUT2D eigenvalue weighted by molar-refractivity contribution is -0.137. The molecule has 1 amide bonds. The number of hydrogen-bond acceptors (Lipinski definition) is 3. The molecule has 0 heterocycles. The van der Waals surface area contributed by atoms with Gasteiger partial charge in [0.05, 0.1) is 17.0 Å². The molecule has 1 rings (SSSR count). The fourth-order valence-corrected chi connectivity index (χ4v) is 2.51. The smallest absolute Gasteiger partial charge is 0.350 e. The molecular weight excluding hydrogens is 389 g/mol. The normalized spacial score (nSPS) is 12.0. The number of sulfonamides is 1. The SMILES string of the molecule is C=C(Br)CNC(=O)CNS(=O)(=O)c1cccc(C(F)(F)F)c1. The van der Waals surface area contributed by atoms with E-state index >= 15 is 0 Å². The van der Waals surface area contributed by atoms with E-state index in [1.54, 1.807) is 0 Å². The number of alkyl halides is 3. The number of benzene rings is 1. The van der Waals surface area contributed by atoms with Crippen LogP contribution in [0.15, 0.2) is 40.2 Å². The van der Waals surface area contributed by atoms with Crippen molar-refractivity contribution in [3.63, 3.8) is 0 Å². The molecule has 0 aliphatic heterocycles. The molecule has 1 aromatic carbocycles. The number of carbonyl (C=O) groups is 1. The van der Waals surface area contributed by atoms with E-state index in [0.717, 1.165) is 18.2 Å². The topological polar surface area (TPSA) is 75.3 Å². The van der Waals surface area contributed by atoms with Crippen molar-refractivity contribution in [3.8, 4) is 0 Å². The largest absolute Gasteiger partial charge is 0.416 e. The zero-order chi connectivity index (χ0) is 17.0. The van der Waals surface area contributed by atoms with E-state index in [2.05, 4.69) is 27.8 Å². The number of rotatable bonds is 6. The van der Waals surface area contributed by atoms with Gasteiger partial charge in [0.25, 0.3) is 0 Å². The second kappa shape index (κ2) is 7.25. The molecule has 0 saturated carbocycles. The molecule has 10 heteroatoms. The molecule has 0 aliphatic rings. The van der Waals surface area contributed by atoms with Crippen LogP contribution in [-0.2, 0) is 21.0 Å². The van der Waals surface area contributed by atoms with Crippen LogP contribution in [0.2, 0.25) is 0 Å². The van der Waals surface area contributed by atoms with E-state index in [9.17, 15) is 26.4 Å². The number of carbonyl (C=O) groups excluding carboxylic acids is 1. The van der Waals surface area contributed by atoms with E-state index < -0.39 is 39.1 Å². The first-order valence-corrected chi connectivity index (χ1v) is 8.07. The maximum atomic E-state index is 12.6. The van der Waals surface area contributed by atoms with Crippen molar-refractivity contribution in [2.24, 2.45) is 0 Å². The summed E-state index contributed by atoms with van der Waals surface area (Å²) in [5, 5.41) is 2.35. The average Bonchev–Trinajstić information content (AvgIpc) is 2.42. The van der Waals surface area contributed by atoms with Crippen molar-refractivity contribution in [1.82, 2.24) is 10.0 Å². The molecule has 0 aromatic heterocycles. The van der Waals surface area contributed by atoms with E-state index in [1.807, 2.05) is 4.72 Å². The minimum absolute atomic E-state index is 0.101. The van der Waals surface area contributed by atoms with Crippen molar-refractivity contribution in [3.05, 3.63) is 40.9 Å². The second-order valence-electron chi connectivity index (χ2n) is 4.14. The zero-order valence-electron chi connectivity index (χ0n) is 11.1. The van der Waals surface area contributed by atoms with Gasteiger partial charge >= 0.3 is 6.18 Å². The van der Waals surface area contributed by atoms with Crippen LogP contribution in [-0.4, -0.2) is 27.4 Å². The van der Waals surface area contributed by atoms with Crippen molar-refractivity contribution in [2.75, 3.05) is 13.1 Å². The summed E-state index contributed by atoms with van der Waals surface area (Å²) >= 11 is 3.00. The Morgan fingerprint density at radius 1 is 1.27 bits per heavy atom. The number of nitrogens with one attached hydrogen (secondary N) is 2.